The number of hydrogen-bond acceptors (Lipinski definition) is 4. The van der Waals surface area contributed by atoms with Crippen molar-refractivity contribution in [2.24, 2.45) is 0 Å². The molecular formula is C20H16N4O2. The van der Waals surface area contributed by atoms with Crippen molar-refractivity contribution in [2.45, 2.75) is 6.54 Å². The molecule has 128 valence electrons. The van der Waals surface area contributed by atoms with E-state index in [4.69, 9.17) is 4.42 Å². The Morgan fingerprint density at radius 2 is 1.88 bits per heavy atom. The number of rotatable bonds is 5. The maximum Gasteiger partial charge on any atom is 0.270 e. The van der Waals surface area contributed by atoms with Gasteiger partial charge in [-0.2, -0.15) is 5.10 Å². The first-order valence-electron chi connectivity index (χ1n) is 8.19. The molecule has 4 rings (SSSR count). The van der Waals surface area contributed by atoms with E-state index < -0.39 is 0 Å². The molecule has 1 amide bonds. The summed E-state index contributed by atoms with van der Waals surface area (Å²) in [6, 6.07) is 20.4. The van der Waals surface area contributed by atoms with Gasteiger partial charge in [0.15, 0.2) is 5.76 Å². The Labute approximate surface area is 150 Å². The molecule has 0 aliphatic rings. The van der Waals surface area contributed by atoms with Crippen LogP contribution in [0.2, 0.25) is 0 Å². The van der Waals surface area contributed by atoms with Crippen LogP contribution in [-0.4, -0.2) is 20.7 Å². The summed E-state index contributed by atoms with van der Waals surface area (Å²) in [5, 5.41) is 7.44. The topological polar surface area (TPSA) is 73.0 Å². The Kier molecular flexibility index (Phi) is 4.30. The fourth-order valence-corrected chi connectivity index (χ4v) is 2.62. The molecule has 0 atom stereocenters. The van der Waals surface area contributed by atoms with Gasteiger partial charge in [-0.1, -0.05) is 24.3 Å². The van der Waals surface area contributed by atoms with Crippen molar-refractivity contribution in [1.29, 1.82) is 0 Å². The summed E-state index contributed by atoms with van der Waals surface area (Å²) in [7, 11) is 0. The number of furan rings is 1. The van der Waals surface area contributed by atoms with Crippen LogP contribution in [0.4, 0.5) is 0 Å². The van der Waals surface area contributed by atoms with E-state index in [0.29, 0.717) is 23.7 Å². The fourth-order valence-electron chi connectivity index (χ4n) is 2.62. The van der Waals surface area contributed by atoms with Crippen LogP contribution in [0, 0.1) is 0 Å². The Morgan fingerprint density at radius 1 is 1.04 bits per heavy atom. The zero-order valence-corrected chi connectivity index (χ0v) is 13.9. The van der Waals surface area contributed by atoms with E-state index in [0.717, 1.165) is 11.4 Å². The van der Waals surface area contributed by atoms with Crippen LogP contribution in [0.25, 0.3) is 17.1 Å². The van der Waals surface area contributed by atoms with Crippen molar-refractivity contribution in [2.75, 3.05) is 0 Å². The highest BCUT2D eigenvalue weighted by Crippen LogP contribution is 2.22. The third kappa shape index (κ3) is 3.25. The quantitative estimate of drug-likeness (QED) is 0.602. The van der Waals surface area contributed by atoms with Gasteiger partial charge in [-0.3, -0.25) is 9.78 Å². The first-order chi connectivity index (χ1) is 12.8. The molecule has 0 spiro atoms. The molecule has 6 heteroatoms. The van der Waals surface area contributed by atoms with E-state index in [1.165, 1.54) is 0 Å². The maximum atomic E-state index is 12.8. The van der Waals surface area contributed by atoms with Crippen molar-refractivity contribution >= 4 is 5.91 Å². The highest BCUT2D eigenvalue weighted by Gasteiger charge is 2.18. The molecule has 3 heterocycles. The molecule has 0 saturated carbocycles. The highest BCUT2D eigenvalue weighted by atomic mass is 16.3. The Balaban J connectivity index is 1.66. The van der Waals surface area contributed by atoms with Gasteiger partial charge in [0.05, 0.1) is 24.2 Å². The smallest absolute Gasteiger partial charge is 0.270 e. The minimum atomic E-state index is -0.232. The Bertz CT molecular complexity index is 993. The summed E-state index contributed by atoms with van der Waals surface area (Å²) >= 11 is 0. The predicted octanol–water partition coefficient (Wildman–Crippen LogP) is 3.46. The normalized spacial score (nSPS) is 10.6. The van der Waals surface area contributed by atoms with Gasteiger partial charge in [0, 0.05) is 12.3 Å². The zero-order valence-electron chi connectivity index (χ0n) is 13.9. The Morgan fingerprint density at radius 3 is 2.62 bits per heavy atom. The zero-order chi connectivity index (χ0) is 17.8. The van der Waals surface area contributed by atoms with Crippen LogP contribution >= 0.6 is 0 Å². The fraction of sp³-hybridized carbons (Fsp3) is 0.0500. The number of benzene rings is 1. The first-order valence-corrected chi connectivity index (χ1v) is 8.19. The number of nitrogens with zero attached hydrogens (tertiary/aromatic N) is 3. The third-order valence-electron chi connectivity index (χ3n) is 3.87. The van der Waals surface area contributed by atoms with Crippen LogP contribution < -0.4 is 5.32 Å². The van der Waals surface area contributed by atoms with Gasteiger partial charge < -0.3 is 9.73 Å². The number of aromatic nitrogens is 3. The maximum absolute atomic E-state index is 12.8. The highest BCUT2D eigenvalue weighted by molar-refractivity contribution is 5.94. The standard InChI is InChI=1S/C20H16N4O2/c25-20(22-14-15-7-4-5-11-21-15)18-13-17(19-10-6-12-26-19)23-24(18)16-8-2-1-3-9-16/h1-13H,14H2,(H,22,25). The summed E-state index contributed by atoms with van der Waals surface area (Å²) in [5.74, 6) is 0.378. The number of hydrogen-bond donors (Lipinski definition) is 1. The molecule has 0 bridgehead atoms. The molecule has 3 aromatic heterocycles. The van der Waals surface area contributed by atoms with Gasteiger partial charge in [0.25, 0.3) is 5.91 Å². The van der Waals surface area contributed by atoms with Crippen LogP contribution in [0.15, 0.2) is 83.6 Å². The number of carbonyl (C=O) groups is 1. The number of amides is 1. The van der Waals surface area contributed by atoms with Crippen LogP contribution in [-0.2, 0) is 6.54 Å². The lowest BCUT2D eigenvalue weighted by molar-refractivity contribution is 0.0942. The van der Waals surface area contributed by atoms with E-state index in [1.807, 2.05) is 54.6 Å². The number of para-hydroxylation sites is 1. The minimum Gasteiger partial charge on any atom is -0.463 e. The van der Waals surface area contributed by atoms with Crippen LogP contribution in [0.1, 0.15) is 16.2 Å². The van der Waals surface area contributed by atoms with Crippen molar-refractivity contribution in [3.05, 3.63) is 90.6 Å². The molecule has 0 unspecified atom stereocenters. The molecule has 1 aromatic carbocycles. The SMILES string of the molecule is O=C(NCc1ccccn1)c1cc(-c2ccco2)nn1-c1ccccc1. The van der Waals surface area contributed by atoms with Crippen LogP contribution in [0.3, 0.4) is 0 Å². The summed E-state index contributed by atoms with van der Waals surface area (Å²) in [6.07, 6.45) is 3.28. The molecule has 0 saturated heterocycles. The van der Waals surface area contributed by atoms with E-state index in [2.05, 4.69) is 15.4 Å². The molecule has 26 heavy (non-hydrogen) atoms. The van der Waals surface area contributed by atoms with Gasteiger partial charge in [0.1, 0.15) is 11.4 Å². The number of carbonyl (C=O) groups excluding carboxylic acids is 1. The molecule has 6 nitrogen and oxygen atoms in total. The average molecular weight is 344 g/mol. The van der Waals surface area contributed by atoms with E-state index >= 15 is 0 Å². The number of pyridine rings is 1. The second kappa shape index (κ2) is 7.06. The van der Waals surface area contributed by atoms with Crippen molar-refractivity contribution in [3.63, 3.8) is 0 Å². The van der Waals surface area contributed by atoms with Crippen molar-refractivity contribution < 1.29 is 9.21 Å². The monoisotopic (exact) mass is 344 g/mol. The van der Waals surface area contributed by atoms with Gasteiger partial charge in [-0.05, 0) is 36.4 Å². The molecule has 4 aromatic rings. The minimum absolute atomic E-state index is 0.232. The largest absolute Gasteiger partial charge is 0.463 e. The summed E-state index contributed by atoms with van der Waals surface area (Å²) in [5.41, 5.74) is 2.62. The summed E-state index contributed by atoms with van der Waals surface area (Å²) in [6.45, 7) is 0.343. The van der Waals surface area contributed by atoms with Crippen LogP contribution in [0.5, 0.6) is 0 Å². The van der Waals surface area contributed by atoms with Gasteiger partial charge in [0.2, 0.25) is 0 Å². The van der Waals surface area contributed by atoms with E-state index in [9.17, 15) is 4.79 Å². The summed E-state index contributed by atoms with van der Waals surface area (Å²) in [4.78, 5) is 17.0. The second-order valence-corrected chi connectivity index (χ2v) is 5.64. The average Bonchev–Trinajstić information content (AvgIpc) is 3.37. The lowest BCUT2D eigenvalue weighted by Gasteiger charge is -2.08. The third-order valence-corrected chi connectivity index (χ3v) is 3.87. The molecular weight excluding hydrogens is 328 g/mol. The Hall–Kier alpha value is -3.67. The lowest BCUT2D eigenvalue weighted by atomic mass is 10.2. The first kappa shape index (κ1) is 15.8. The van der Waals surface area contributed by atoms with Crippen molar-refractivity contribution in [3.8, 4) is 17.1 Å². The predicted molar refractivity (Wildman–Crippen MR) is 96.7 cm³/mol. The molecule has 0 fully saturated rings. The summed E-state index contributed by atoms with van der Waals surface area (Å²) < 4.78 is 7.03. The van der Waals surface area contributed by atoms with Gasteiger partial charge in [-0.25, -0.2) is 4.68 Å². The second-order valence-electron chi connectivity index (χ2n) is 5.64. The van der Waals surface area contributed by atoms with Gasteiger partial charge in [-0.15, -0.1) is 0 Å². The molecule has 0 aliphatic heterocycles. The van der Waals surface area contributed by atoms with Crippen molar-refractivity contribution in [1.82, 2.24) is 20.1 Å². The van der Waals surface area contributed by atoms with E-state index in [-0.39, 0.29) is 5.91 Å². The molecule has 1 N–H and O–H groups in total. The molecule has 0 radical (unpaired) electrons. The van der Waals surface area contributed by atoms with E-state index in [1.54, 1.807) is 29.3 Å². The van der Waals surface area contributed by atoms with Gasteiger partial charge >= 0.3 is 0 Å². The number of nitrogens with one attached hydrogen (secondary N) is 1. The lowest BCUT2D eigenvalue weighted by Crippen LogP contribution is -2.25. The molecule has 0 aliphatic carbocycles.